The zero-order valence-corrected chi connectivity index (χ0v) is 28.9. The topological polar surface area (TPSA) is 173 Å². The van der Waals surface area contributed by atoms with E-state index in [1.807, 2.05) is 20.8 Å². The molecule has 1 aromatic carbocycles. The Hall–Kier alpha value is -4.55. The van der Waals surface area contributed by atoms with Gasteiger partial charge in [0.15, 0.2) is 5.43 Å². The summed E-state index contributed by atoms with van der Waals surface area (Å²) in [5.74, 6) is -3.05. The highest BCUT2D eigenvalue weighted by Gasteiger charge is 2.41. The Morgan fingerprint density at radius 1 is 0.939 bits per heavy atom. The van der Waals surface area contributed by atoms with Gasteiger partial charge in [-0.25, -0.2) is 0 Å². The SMILES string of the molecule is CCC(=O)CCCCC[C@@H]1NC(=O)[C@H]2CCCCN2C(=O)[C@H]([C@H](C)CC)NC(=O)[C@H](c2cn(CC(=O)OC)c3ccccc3c2=O)NC1=O. The number of nitrogens with one attached hydrogen (secondary N) is 3. The van der Waals surface area contributed by atoms with Crippen LogP contribution in [0.1, 0.15) is 96.6 Å². The monoisotopic (exact) mass is 679 g/mol. The van der Waals surface area contributed by atoms with Crippen molar-refractivity contribution >= 4 is 46.3 Å². The van der Waals surface area contributed by atoms with Crippen LogP contribution in [0.2, 0.25) is 0 Å². The largest absolute Gasteiger partial charge is 0.468 e. The van der Waals surface area contributed by atoms with Gasteiger partial charge in [-0.2, -0.15) is 0 Å². The number of methoxy groups -OCH3 is 1. The molecule has 0 radical (unpaired) electrons. The molecule has 13 heteroatoms. The number of esters is 1. The number of fused-ring (bicyclic) bond motifs is 2. The molecular weight excluding hydrogens is 630 g/mol. The Balaban J connectivity index is 1.80. The minimum Gasteiger partial charge on any atom is -0.468 e. The molecule has 2 aliphatic heterocycles. The van der Waals surface area contributed by atoms with Crippen LogP contribution in [-0.4, -0.2) is 76.6 Å². The number of aromatic nitrogens is 1. The number of Topliss-reactive ketones (excluding diaryl/α,β-unsaturated/α-hetero) is 1. The van der Waals surface area contributed by atoms with Crippen molar-refractivity contribution in [3.8, 4) is 0 Å². The lowest BCUT2D eigenvalue weighted by atomic mass is 9.93. The number of nitrogens with zero attached hydrogens (tertiary/aromatic N) is 2. The van der Waals surface area contributed by atoms with Crippen molar-refractivity contribution in [1.29, 1.82) is 0 Å². The molecular formula is C36H49N5O8. The Morgan fingerprint density at radius 3 is 2.41 bits per heavy atom. The van der Waals surface area contributed by atoms with Crippen LogP contribution in [-0.2, 0) is 40.0 Å². The fourth-order valence-electron chi connectivity index (χ4n) is 6.56. The van der Waals surface area contributed by atoms with E-state index in [2.05, 4.69) is 16.0 Å². The van der Waals surface area contributed by atoms with E-state index in [-0.39, 0.29) is 35.6 Å². The number of carbonyl (C=O) groups excluding carboxylic acids is 6. The summed E-state index contributed by atoms with van der Waals surface area (Å²) in [4.78, 5) is 96.0. The van der Waals surface area contributed by atoms with Crippen LogP contribution in [0.4, 0.5) is 0 Å². The van der Waals surface area contributed by atoms with Crippen molar-refractivity contribution in [3.05, 3.63) is 46.2 Å². The number of para-hydroxylation sites is 1. The van der Waals surface area contributed by atoms with Gasteiger partial charge in [0.1, 0.15) is 36.5 Å². The lowest BCUT2D eigenvalue weighted by molar-refractivity contribution is -0.147. The number of pyridine rings is 1. The average Bonchev–Trinajstić information content (AvgIpc) is 3.11. The molecule has 3 N–H and O–H groups in total. The molecule has 0 spiro atoms. The number of carbonyl (C=O) groups is 6. The maximum Gasteiger partial charge on any atom is 0.325 e. The third kappa shape index (κ3) is 8.93. The first-order valence-corrected chi connectivity index (χ1v) is 17.4. The summed E-state index contributed by atoms with van der Waals surface area (Å²) in [6.07, 6.45) is 6.62. The van der Waals surface area contributed by atoms with E-state index in [1.54, 1.807) is 24.3 Å². The van der Waals surface area contributed by atoms with Crippen molar-refractivity contribution in [1.82, 2.24) is 25.4 Å². The quantitative estimate of drug-likeness (QED) is 0.227. The molecule has 2 saturated heterocycles. The molecule has 0 unspecified atom stereocenters. The summed E-state index contributed by atoms with van der Waals surface area (Å²) in [6.45, 7) is 5.58. The normalized spacial score (nSPS) is 22.6. The first kappa shape index (κ1) is 37.3. The summed E-state index contributed by atoms with van der Waals surface area (Å²) in [5, 5.41) is 8.65. The number of piperidine rings is 1. The molecule has 49 heavy (non-hydrogen) atoms. The van der Waals surface area contributed by atoms with Gasteiger partial charge in [-0.05, 0) is 50.2 Å². The highest BCUT2D eigenvalue weighted by Crippen LogP contribution is 2.24. The Labute approximate surface area is 286 Å². The Bertz CT molecular complexity index is 1620. The van der Waals surface area contributed by atoms with Crippen LogP contribution in [0.3, 0.4) is 0 Å². The highest BCUT2D eigenvalue weighted by molar-refractivity contribution is 5.98. The zero-order valence-electron chi connectivity index (χ0n) is 28.9. The maximum atomic E-state index is 14.3. The van der Waals surface area contributed by atoms with Crippen molar-refractivity contribution in [2.45, 2.75) is 116 Å². The van der Waals surface area contributed by atoms with Gasteiger partial charge in [-0.3, -0.25) is 33.6 Å². The highest BCUT2D eigenvalue weighted by atomic mass is 16.5. The van der Waals surface area contributed by atoms with Gasteiger partial charge in [0, 0.05) is 36.5 Å². The summed E-state index contributed by atoms with van der Waals surface area (Å²) in [6, 6.07) is 2.13. The predicted molar refractivity (Wildman–Crippen MR) is 182 cm³/mol. The van der Waals surface area contributed by atoms with E-state index in [0.717, 1.165) is 6.42 Å². The number of ketones is 1. The second-order valence-corrected chi connectivity index (χ2v) is 13.0. The van der Waals surface area contributed by atoms with Crippen LogP contribution in [0, 0.1) is 5.92 Å². The van der Waals surface area contributed by atoms with Gasteiger partial charge < -0.3 is 30.2 Å². The molecule has 266 valence electrons. The Morgan fingerprint density at radius 2 is 1.69 bits per heavy atom. The zero-order chi connectivity index (χ0) is 35.7. The lowest BCUT2D eigenvalue weighted by Crippen LogP contribution is -2.63. The predicted octanol–water partition coefficient (Wildman–Crippen LogP) is 2.67. The van der Waals surface area contributed by atoms with Gasteiger partial charge >= 0.3 is 5.97 Å². The van der Waals surface area contributed by atoms with Crippen molar-refractivity contribution in [3.63, 3.8) is 0 Å². The average molecular weight is 680 g/mol. The van der Waals surface area contributed by atoms with Gasteiger partial charge in [0.25, 0.3) is 0 Å². The molecule has 0 aliphatic carbocycles. The maximum absolute atomic E-state index is 14.3. The van der Waals surface area contributed by atoms with Crippen LogP contribution < -0.4 is 21.4 Å². The molecule has 5 atom stereocenters. The summed E-state index contributed by atoms with van der Waals surface area (Å²) < 4.78 is 6.35. The molecule has 13 nitrogen and oxygen atoms in total. The molecule has 4 rings (SSSR count). The smallest absolute Gasteiger partial charge is 0.325 e. The van der Waals surface area contributed by atoms with E-state index in [0.29, 0.717) is 63.4 Å². The molecule has 4 amide bonds. The number of unbranched alkanes of at least 4 members (excludes halogenated alkanes) is 2. The third-order valence-corrected chi connectivity index (χ3v) is 9.74. The number of hydrogen-bond acceptors (Lipinski definition) is 8. The molecule has 2 aromatic rings. The molecule has 0 saturated carbocycles. The van der Waals surface area contributed by atoms with E-state index < -0.39 is 59.2 Å². The van der Waals surface area contributed by atoms with Crippen LogP contribution in [0.25, 0.3) is 10.9 Å². The minimum atomic E-state index is -1.56. The summed E-state index contributed by atoms with van der Waals surface area (Å²) in [7, 11) is 1.24. The van der Waals surface area contributed by atoms with Crippen molar-refractivity contribution < 1.29 is 33.5 Å². The molecule has 1 aromatic heterocycles. The number of rotatable bonds is 12. The summed E-state index contributed by atoms with van der Waals surface area (Å²) in [5.41, 5.74) is -0.218. The van der Waals surface area contributed by atoms with Gasteiger partial charge in [0.2, 0.25) is 23.6 Å². The van der Waals surface area contributed by atoms with Crippen LogP contribution in [0.5, 0.6) is 0 Å². The van der Waals surface area contributed by atoms with E-state index >= 15 is 0 Å². The molecule has 2 aliphatic rings. The first-order chi connectivity index (χ1) is 23.5. The molecule has 3 heterocycles. The van der Waals surface area contributed by atoms with Gasteiger partial charge in [0.05, 0.1) is 12.6 Å². The fraction of sp³-hybridized carbons (Fsp3) is 0.583. The second-order valence-electron chi connectivity index (χ2n) is 13.0. The van der Waals surface area contributed by atoms with Crippen LogP contribution in [0.15, 0.2) is 35.3 Å². The van der Waals surface area contributed by atoms with E-state index in [9.17, 15) is 33.6 Å². The standard InChI is InChI=1S/C36H49N5O8/c1-5-22(3)30-36(48)41-19-13-12-18-28(41)34(46)37-26(16-9-7-8-14-23(42)6-2)33(45)39-31(35(47)38-30)25-20-40(21-29(43)49-4)27-17-11-10-15-24(27)32(25)44/h10-11,15,17,20,22,26,28,30-31H,5-9,12-14,16,18-19,21H2,1-4H3,(H,37,46)(H,38,47)(H,39,45)/t22-,26+,28-,30+,31+/m1/s1. The Kier molecular flexibility index (Phi) is 13.1. The number of ether oxygens (including phenoxy) is 1. The molecule has 0 bridgehead atoms. The van der Waals surface area contributed by atoms with Gasteiger partial charge in [-0.1, -0.05) is 52.2 Å². The fourth-order valence-corrected chi connectivity index (χ4v) is 6.56. The van der Waals surface area contributed by atoms with E-state index in [4.69, 9.17) is 4.74 Å². The number of amides is 4. The van der Waals surface area contributed by atoms with Gasteiger partial charge in [-0.15, -0.1) is 0 Å². The third-order valence-electron chi connectivity index (χ3n) is 9.74. The lowest BCUT2D eigenvalue weighted by Gasteiger charge is -2.39. The number of benzene rings is 1. The molecule has 2 fully saturated rings. The number of hydrogen-bond donors (Lipinski definition) is 3. The van der Waals surface area contributed by atoms with Crippen LogP contribution >= 0.6 is 0 Å². The van der Waals surface area contributed by atoms with Crippen molar-refractivity contribution in [2.24, 2.45) is 5.92 Å². The minimum absolute atomic E-state index is 0.111. The van der Waals surface area contributed by atoms with E-state index in [1.165, 1.54) is 22.8 Å². The second kappa shape index (κ2) is 17.2. The van der Waals surface area contributed by atoms with Crippen molar-refractivity contribution in [2.75, 3.05) is 13.7 Å². The summed E-state index contributed by atoms with van der Waals surface area (Å²) >= 11 is 0. The first-order valence-electron chi connectivity index (χ1n) is 17.4.